The molecule has 1 atom stereocenters. The highest BCUT2D eigenvalue weighted by Crippen LogP contribution is 2.33. The number of hydrogen-bond acceptors (Lipinski definition) is 6. The molecular formula is C15H22N4OS. The van der Waals surface area contributed by atoms with E-state index in [1.165, 1.54) is 10.3 Å². The number of anilines is 2. The molecule has 0 aliphatic carbocycles. The van der Waals surface area contributed by atoms with Gasteiger partial charge in [-0.15, -0.1) is 11.3 Å². The highest BCUT2D eigenvalue weighted by molar-refractivity contribution is 7.18. The summed E-state index contributed by atoms with van der Waals surface area (Å²) in [6.45, 7) is 7.00. The summed E-state index contributed by atoms with van der Waals surface area (Å²) in [6.07, 6.45) is 2.31. The van der Waals surface area contributed by atoms with E-state index in [9.17, 15) is 0 Å². The molecule has 0 radical (unpaired) electrons. The smallest absolute Gasteiger partial charge is 0.225 e. The van der Waals surface area contributed by atoms with Crippen molar-refractivity contribution in [1.29, 1.82) is 0 Å². The summed E-state index contributed by atoms with van der Waals surface area (Å²) >= 11 is 1.76. The van der Waals surface area contributed by atoms with Gasteiger partial charge < -0.3 is 15.0 Å². The Morgan fingerprint density at radius 2 is 2.33 bits per heavy atom. The van der Waals surface area contributed by atoms with Crippen LogP contribution in [0, 0.1) is 0 Å². The van der Waals surface area contributed by atoms with Crippen molar-refractivity contribution in [2.24, 2.45) is 0 Å². The van der Waals surface area contributed by atoms with Gasteiger partial charge in [-0.1, -0.05) is 6.92 Å². The Balaban J connectivity index is 2.07. The minimum absolute atomic E-state index is 0.236. The normalized spacial score (nSPS) is 19.8. The minimum Gasteiger partial charge on any atom is -0.377 e. The second kappa shape index (κ2) is 6.15. The summed E-state index contributed by atoms with van der Waals surface area (Å²) in [7, 11) is 1.87. The van der Waals surface area contributed by atoms with Gasteiger partial charge in [0.05, 0.1) is 11.5 Å². The number of hydrogen-bond donors (Lipinski definition) is 1. The summed E-state index contributed by atoms with van der Waals surface area (Å²) in [5.74, 6) is 1.73. The van der Waals surface area contributed by atoms with Gasteiger partial charge in [-0.25, -0.2) is 4.98 Å². The maximum Gasteiger partial charge on any atom is 0.225 e. The summed E-state index contributed by atoms with van der Waals surface area (Å²) in [5, 5.41) is 4.25. The van der Waals surface area contributed by atoms with E-state index in [0.29, 0.717) is 5.95 Å². The predicted octanol–water partition coefficient (Wildman–Crippen LogP) is 2.91. The van der Waals surface area contributed by atoms with Crippen LogP contribution in [-0.2, 0) is 11.2 Å². The Morgan fingerprint density at radius 3 is 3.10 bits per heavy atom. The Labute approximate surface area is 129 Å². The average Bonchev–Trinajstić information content (AvgIpc) is 2.80. The fraction of sp³-hybridized carbons (Fsp3) is 0.600. The molecule has 114 valence electrons. The monoisotopic (exact) mass is 306 g/mol. The lowest BCUT2D eigenvalue weighted by molar-refractivity contribution is 0.0820. The van der Waals surface area contributed by atoms with Gasteiger partial charge in [0.25, 0.3) is 0 Å². The molecule has 1 saturated heterocycles. The lowest BCUT2D eigenvalue weighted by Crippen LogP contribution is -2.31. The molecule has 1 aliphatic rings. The van der Waals surface area contributed by atoms with E-state index in [-0.39, 0.29) is 6.10 Å². The molecule has 2 aromatic rings. The van der Waals surface area contributed by atoms with Gasteiger partial charge in [0.2, 0.25) is 5.95 Å². The van der Waals surface area contributed by atoms with Gasteiger partial charge >= 0.3 is 0 Å². The number of thiophene rings is 1. The van der Waals surface area contributed by atoms with Crippen molar-refractivity contribution >= 4 is 33.3 Å². The summed E-state index contributed by atoms with van der Waals surface area (Å²) in [4.78, 5) is 14.1. The van der Waals surface area contributed by atoms with Crippen LogP contribution in [0.1, 0.15) is 25.1 Å². The second-order valence-electron chi connectivity index (χ2n) is 5.39. The van der Waals surface area contributed by atoms with Crippen LogP contribution < -0.4 is 10.2 Å². The quantitative estimate of drug-likeness (QED) is 0.945. The minimum atomic E-state index is 0.236. The first-order valence-electron chi connectivity index (χ1n) is 7.56. The van der Waals surface area contributed by atoms with Crippen LogP contribution in [-0.4, -0.2) is 42.8 Å². The van der Waals surface area contributed by atoms with Crippen molar-refractivity contribution < 1.29 is 4.74 Å². The van der Waals surface area contributed by atoms with Gasteiger partial charge in [-0.2, -0.15) is 4.98 Å². The van der Waals surface area contributed by atoms with Crippen LogP contribution in [0.15, 0.2) is 6.07 Å². The lowest BCUT2D eigenvalue weighted by Gasteiger charge is -2.24. The molecule has 1 N–H and O–H groups in total. The van der Waals surface area contributed by atoms with Crippen molar-refractivity contribution in [3.05, 3.63) is 10.9 Å². The highest BCUT2D eigenvalue weighted by Gasteiger charge is 2.20. The molecular weight excluding hydrogens is 284 g/mol. The summed E-state index contributed by atoms with van der Waals surface area (Å²) < 4.78 is 5.75. The third-order valence-corrected chi connectivity index (χ3v) is 4.92. The highest BCUT2D eigenvalue weighted by atomic mass is 32.1. The fourth-order valence-electron chi connectivity index (χ4n) is 2.67. The number of fused-ring (bicyclic) bond motifs is 1. The predicted molar refractivity (Wildman–Crippen MR) is 88.6 cm³/mol. The third-order valence-electron chi connectivity index (χ3n) is 3.75. The van der Waals surface area contributed by atoms with E-state index in [1.807, 2.05) is 7.05 Å². The second-order valence-corrected chi connectivity index (χ2v) is 6.50. The molecule has 1 unspecified atom stereocenters. The molecule has 3 rings (SSSR count). The third kappa shape index (κ3) is 2.96. The first-order chi connectivity index (χ1) is 10.2. The molecule has 1 fully saturated rings. The zero-order valence-electron chi connectivity index (χ0n) is 12.8. The molecule has 1 aliphatic heterocycles. The SMILES string of the molecule is CCc1cc2c(N3CCCOC(C)C3)nc(NC)nc2s1. The maximum atomic E-state index is 5.75. The molecule has 2 aromatic heterocycles. The Kier molecular flexibility index (Phi) is 4.26. The number of nitrogens with one attached hydrogen (secondary N) is 1. The molecule has 0 spiro atoms. The molecule has 21 heavy (non-hydrogen) atoms. The summed E-state index contributed by atoms with van der Waals surface area (Å²) in [5.41, 5.74) is 0. The Morgan fingerprint density at radius 1 is 1.48 bits per heavy atom. The molecule has 0 amide bonds. The van der Waals surface area contributed by atoms with Gasteiger partial charge in [0.1, 0.15) is 10.6 Å². The number of nitrogens with zero attached hydrogens (tertiary/aromatic N) is 3. The van der Waals surface area contributed by atoms with Crippen molar-refractivity contribution in [3.63, 3.8) is 0 Å². The van der Waals surface area contributed by atoms with Crippen LogP contribution in [0.3, 0.4) is 0 Å². The number of aryl methyl sites for hydroxylation is 1. The standard InChI is InChI=1S/C15H22N4OS/c1-4-11-8-12-13(17-15(16-3)18-14(12)21-11)19-6-5-7-20-10(2)9-19/h8,10H,4-7,9H2,1-3H3,(H,16,17,18). The van der Waals surface area contributed by atoms with Crippen LogP contribution in [0.2, 0.25) is 0 Å². The largest absolute Gasteiger partial charge is 0.377 e. The molecule has 0 saturated carbocycles. The average molecular weight is 306 g/mol. The van der Waals surface area contributed by atoms with E-state index in [0.717, 1.165) is 43.2 Å². The van der Waals surface area contributed by atoms with E-state index in [2.05, 4.69) is 35.1 Å². The van der Waals surface area contributed by atoms with Crippen LogP contribution in [0.25, 0.3) is 10.2 Å². The van der Waals surface area contributed by atoms with Crippen molar-refractivity contribution in [3.8, 4) is 0 Å². The zero-order valence-corrected chi connectivity index (χ0v) is 13.7. The van der Waals surface area contributed by atoms with Gasteiger partial charge in [0.15, 0.2) is 0 Å². The van der Waals surface area contributed by atoms with Crippen molar-refractivity contribution in [1.82, 2.24) is 9.97 Å². The zero-order chi connectivity index (χ0) is 14.8. The van der Waals surface area contributed by atoms with E-state index in [4.69, 9.17) is 9.72 Å². The molecule has 0 bridgehead atoms. The number of ether oxygens (including phenoxy) is 1. The Hall–Kier alpha value is -1.40. The lowest BCUT2D eigenvalue weighted by atomic mass is 10.2. The molecule has 6 heteroatoms. The van der Waals surface area contributed by atoms with Gasteiger partial charge in [-0.05, 0) is 25.8 Å². The first-order valence-corrected chi connectivity index (χ1v) is 8.37. The Bertz CT molecular complexity index is 627. The molecule has 3 heterocycles. The van der Waals surface area contributed by atoms with Crippen molar-refractivity contribution in [2.75, 3.05) is 37.0 Å². The van der Waals surface area contributed by atoms with E-state index < -0.39 is 0 Å². The van der Waals surface area contributed by atoms with Crippen LogP contribution in [0.4, 0.5) is 11.8 Å². The summed E-state index contributed by atoms with van der Waals surface area (Å²) in [6, 6.07) is 2.24. The topological polar surface area (TPSA) is 50.3 Å². The van der Waals surface area contributed by atoms with Crippen LogP contribution in [0.5, 0.6) is 0 Å². The van der Waals surface area contributed by atoms with E-state index >= 15 is 0 Å². The number of rotatable bonds is 3. The first kappa shape index (κ1) is 14.5. The van der Waals surface area contributed by atoms with Gasteiger partial charge in [-0.3, -0.25) is 0 Å². The fourth-order valence-corrected chi connectivity index (χ4v) is 3.63. The van der Waals surface area contributed by atoms with Crippen LogP contribution >= 0.6 is 11.3 Å². The van der Waals surface area contributed by atoms with Crippen molar-refractivity contribution in [2.45, 2.75) is 32.8 Å². The maximum absolute atomic E-state index is 5.75. The number of aromatic nitrogens is 2. The molecule has 0 aromatic carbocycles. The van der Waals surface area contributed by atoms with E-state index in [1.54, 1.807) is 11.3 Å². The molecule has 5 nitrogen and oxygen atoms in total. The van der Waals surface area contributed by atoms with Gasteiger partial charge in [0, 0.05) is 31.6 Å².